The minimum atomic E-state index is -2.33. The number of amides is 2. The van der Waals surface area contributed by atoms with Crippen molar-refractivity contribution in [2.75, 3.05) is 13.1 Å². The van der Waals surface area contributed by atoms with Crippen molar-refractivity contribution in [3.63, 3.8) is 0 Å². The highest BCUT2D eigenvalue weighted by atomic mass is 19.2. The number of rotatable bonds is 10. The van der Waals surface area contributed by atoms with E-state index in [2.05, 4.69) is 10.6 Å². The highest BCUT2D eigenvalue weighted by Crippen LogP contribution is 2.25. The van der Waals surface area contributed by atoms with Gasteiger partial charge >= 0.3 is 0 Å². The molecule has 220 valence electrons. The number of nitrogens with one attached hydrogen (secondary N) is 2. The van der Waals surface area contributed by atoms with Crippen molar-refractivity contribution < 1.29 is 63.0 Å². The highest BCUT2D eigenvalue weighted by Gasteiger charge is 2.34. The van der Waals surface area contributed by atoms with Gasteiger partial charge < -0.3 is 20.1 Å². The summed E-state index contributed by atoms with van der Waals surface area (Å²) >= 11 is 0. The fourth-order valence-electron chi connectivity index (χ4n) is 3.88. The van der Waals surface area contributed by atoms with Crippen molar-refractivity contribution in [3.05, 3.63) is 69.3 Å². The Morgan fingerprint density at radius 3 is 1.12 bits per heavy atom. The van der Waals surface area contributed by atoms with E-state index in [-0.39, 0.29) is 13.1 Å². The molecule has 16 heteroatoms. The highest BCUT2D eigenvalue weighted by molar-refractivity contribution is 5.76. The summed E-state index contributed by atoms with van der Waals surface area (Å²) in [6.45, 7) is 0.958. The molecule has 0 aromatic heterocycles. The Morgan fingerprint density at radius 2 is 0.825 bits per heavy atom. The Kier molecular flexibility index (Phi) is 10.00. The molecule has 1 saturated heterocycles. The Morgan fingerprint density at radius 1 is 0.550 bits per heavy atom. The third-order valence-electron chi connectivity index (χ3n) is 5.95. The molecule has 1 aliphatic rings. The second-order valence-corrected chi connectivity index (χ2v) is 8.62. The Labute approximate surface area is 219 Å². The molecule has 2 aromatic carbocycles. The summed E-state index contributed by atoms with van der Waals surface area (Å²) in [6.07, 6.45) is -5.50. The Balaban J connectivity index is 1.50. The van der Waals surface area contributed by atoms with Crippen molar-refractivity contribution in [1.82, 2.24) is 10.6 Å². The van der Waals surface area contributed by atoms with Gasteiger partial charge in [-0.25, -0.2) is 43.9 Å². The quantitative estimate of drug-likeness (QED) is 0.249. The predicted molar refractivity (Wildman–Crippen MR) is 114 cm³/mol. The fourth-order valence-corrected chi connectivity index (χ4v) is 3.88. The molecule has 2 amide bonds. The van der Waals surface area contributed by atoms with Crippen LogP contribution in [0.5, 0.6) is 0 Å². The van der Waals surface area contributed by atoms with Crippen LogP contribution in [-0.4, -0.2) is 43.4 Å². The van der Waals surface area contributed by atoms with Crippen molar-refractivity contribution in [2.24, 2.45) is 0 Å². The molecule has 1 aliphatic heterocycles. The lowest BCUT2D eigenvalue weighted by molar-refractivity contribution is -0.122. The molecular formula is C24H20F10N2O4. The van der Waals surface area contributed by atoms with E-state index < -0.39 is 125 Å². The van der Waals surface area contributed by atoms with E-state index in [1.165, 1.54) is 6.92 Å². The molecule has 6 nitrogen and oxygen atoms in total. The van der Waals surface area contributed by atoms with Crippen LogP contribution in [-0.2, 0) is 31.9 Å². The van der Waals surface area contributed by atoms with Crippen molar-refractivity contribution in [3.8, 4) is 0 Å². The molecule has 3 rings (SSSR count). The number of hydrogen-bond donors (Lipinski definition) is 2. The van der Waals surface area contributed by atoms with E-state index in [0.29, 0.717) is 0 Å². The molecule has 0 aliphatic carbocycles. The molecule has 0 bridgehead atoms. The molecule has 1 heterocycles. The molecule has 2 N–H and O–H groups in total. The summed E-state index contributed by atoms with van der Waals surface area (Å²) in [6, 6.07) is 0. The average Bonchev–Trinajstić information content (AvgIpc) is 3.29. The molecule has 40 heavy (non-hydrogen) atoms. The second kappa shape index (κ2) is 12.8. The maximum atomic E-state index is 13.8. The van der Waals surface area contributed by atoms with Gasteiger partial charge in [0.05, 0.1) is 0 Å². The molecule has 0 radical (unpaired) electrons. The molecule has 2 aromatic rings. The van der Waals surface area contributed by atoms with Gasteiger partial charge in [-0.1, -0.05) is 0 Å². The zero-order valence-corrected chi connectivity index (χ0v) is 20.4. The molecule has 0 saturated carbocycles. The van der Waals surface area contributed by atoms with Gasteiger partial charge in [0, 0.05) is 37.1 Å². The van der Waals surface area contributed by atoms with Crippen LogP contribution in [0.1, 0.15) is 30.9 Å². The second-order valence-electron chi connectivity index (χ2n) is 8.62. The van der Waals surface area contributed by atoms with Gasteiger partial charge in [0.2, 0.25) is 23.4 Å². The van der Waals surface area contributed by atoms with Crippen LogP contribution in [0.4, 0.5) is 43.9 Å². The first-order valence-electron chi connectivity index (χ1n) is 11.6. The number of hydrogen-bond acceptors (Lipinski definition) is 4. The van der Waals surface area contributed by atoms with E-state index in [1.807, 2.05) is 0 Å². The smallest absolute Gasteiger partial charge is 0.220 e. The maximum Gasteiger partial charge on any atom is 0.220 e. The largest absolute Gasteiger partial charge is 0.353 e. The molecule has 2 unspecified atom stereocenters. The Hall–Kier alpha value is -3.40. The topological polar surface area (TPSA) is 76.7 Å². The van der Waals surface area contributed by atoms with E-state index in [0.717, 1.165) is 0 Å². The third-order valence-corrected chi connectivity index (χ3v) is 5.95. The maximum absolute atomic E-state index is 13.8. The minimum Gasteiger partial charge on any atom is -0.353 e. The van der Waals surface area contributed by atoms with Gasteiger partial charge in [-0.15, -0.1) is 0 Å². The SMILES string of the molecule is CC1OC(CNC(=O)CCc2c(F)c(F)c(F)c(F)c2F)C(CNC(=O)CCc2c(F)c(F)c(F)c(F)c2F)O1. The van der Waals surface area contributed by atoms with Crippen molar-refractivity contribution >= 4 is 11.8 Å². The average molecular weight is 590 g/mol. The summed E-state index contributed by atoms with van der Waals surface area (Å²) in [7, 11) is 0. The molecule has 2 atom stereocenters. The lowest BCUT2D eigenvalue weighted by Crippen LogP contribution is -2.43. The normalized spacial score (nSPS) is 18.7. The van der Waals surface area contributed by atoms with Crippen LogP contribution in [0.3, 0.4) is 0 Å². The van der Waals surface area contributed by atoms with E-state index in [4.69, 9.17) is 9.47 Å². The first-order chi connectivity index (χ1) is 18.7. The number of halogens is 10. The monoisotopic (exact) mass is 590 g/mol. The van der Waals surface area contributed by atoms with Gasteiger partial charge in [-0.2, -0.15) is 0 Å². The zero-order chi connectivity index (χ0) is 29.9. The fraction of sp³-hybridized carbons (Fsp3) is 0.417. The standard InChI is InChI=1S/C24H20F10N2O4/c1-8-39-11(6-35-13(37)4-2-9-15(25)19(29)23(33)20(30)16(9)26)12(40-8)7-36-14(38)5-3-10-17(27)21(31)24(34)22(32)18(10)28/h8,11-12H,2-7H2,1H3,(H,35,37)(H,36,38). The van der Waals surface area contributed by atoms with E-state index >= 15 is 0 Å². The van der Waals surface area contributed by atoms with Crippen molar-refractivity contribution in [2.45, 2.75) is 51.1 Å². The van der Waals surface area contributed by atoms with Crippen LogP contribution in [0, 0.1) is 58.2 Å². The van der Waals surface area contributed by atoms with E-state index in [9.17, 15) is 53.5 Å². The number of benzene rings is 2. The van der Waals surface area contributed by atoms with Crippen LogP contribution < -0.4 is 10.6 Å². The van der Waals surface area contributed by atoms with E-state index in [1.54, 1.807) is 0 Å². The van der Waals surface area contributed by atoms with Gasteiger partial charge in [-0.05, 0) is 19.8 Å². The van der Waals surface area contributed by atoms with Crippen LogP contribution in [0.2, 0.25) is 0 Å². The van der Waals surface area contributed by atoms with Crippen LogP contribution >= 0.6 is 0 Å². The number of ether oxygens (including phenoxy) is 2. The number of carbonyl (C=O) groups is 2. The van der Waals surface area contributed by atoms with Crippen molar-refractivity contribution in [1.29, 1.82) is 0 Å². The lowest BCUT2D eigenvalue weighted by Gasteiger charge is -2.18. The summed E-state index contributed by atoms with van der Waals surface area (Å²) < 4.78 is 145. The van der Waals surface area contributed by atoms with Gasteiger partial charge in [0.15, 0.2) is 52.8 Å². The lowest BCUT2D eigenvalue weighted by atomic mass is 10.1. The summed E-state index contributed by atoms with van der Waals surface area (Å²) in [5.41, 5.74) is -2.32. The van der Waals surface area contributed by atoms with Crippen LogP contribution in [0.15, 0.2) is 0 Å². The Bertz CT molecular complexity index is 1150. The first-order valence-corrected chi connectivity index (χ1v) is 11.6. The molecule has 0 spiro atoms. The third kappa shape index (κ3) is 6.66. The van der Waals surface area contributed by atoms with Crippen LogP contribution in [0.25, 0.3) is 0 Å². The molecule has 1 fully saturated rings. The van der Waals surface area contributed by atoms with Gasteiger partial charge in [0.1, 0.15) is 12.2 Å². The van der Waals surface area contributed by atoms with Gasteiger partial charge in [-0.3, -0.25) is 9.59 Å². The minimum absolute atomic E-state index is 0.259. The first kappa shape index (κ1) is 31.1. The summed E-state index contributed by atoms with van der Waals surface area (Å²) in [5.74, 6) is -23.1. The predicted octanol–water partition coefficient (Wildman–Crippen LogP) is 4.01. The van der Waals surface area contributed by atoms with Gasteiger partial charge in [0.25, 0.3) is 0 Å². The number of carbonyl (C=O) groups excluding carboxylic acids is 2. The zero-order valence-electron chi connectivity index (χ0n) is 20.4. The summed E-state index contributed by atoms with van der Waals surface area (Å²) in [5, 5.41) is 4.68. The molecular weight excluding hydrogens is 570 g/mol. The summed E-state index contributed by atoms with van der Waals surface area (Å²) in [4.78, 5) is 24.2.